The maximum Gasteiger partial charge on any atom is 0.119 e. The van der Waals surface area contributed by atoms with Crippen LogP contribution in [0.1, 0.15) is 51.1 Å². The van der Waals surface area contributed by atoms with Gasteiger partial charge in [0.1, 0.15) is 12.4 Å². The van der Waals surface area contributed by atoms with Crippen LogP contribution >= 0.6 is 0 Å². The molecule has 1 aliphatic heterocycles. The van der Waals surface area contributed by atoms with Gasteiger partial charge in [0.25, 0.3) is 0 Å². The first kappa shape index (κ1) is 15.3. The molecule has 0 radical (unpaired) electrons. The summed E-state index contributed by atoms with van der Waals surface area (Å²) in [5.74, 6) is 0.946. The number of ether oxygens (including phenoxy) is 2. The van der Waals surface area contributed by atoms with E-state index in [1.807, 2.05) is 6.07 Å². The highest BCUT2D eigenvalue weighted by molar-refractivity contribution is 5.30. The molecule has 0 saturated carbocycles. The Balaban J connectivity index is 1.85. The van der Waals surface area contributed by atoms with Gasteiger partial charge in [-0.1, -0.05) is 19.1 Å². The van der Waals surface area contributed by atoms with E-state index in [1.165, 1.54) is 18.4 Å². The third-order valence-electron chi connectivity index (χ3n) is 3.77. The van der Waals surface area contributed by atoms with Crippen LogP contribution in [0, 0.1) is 0 Å². The first-order valence-electron chi connectivity index (χ1n) is 7.87. The first-order chi connectivity index (χ1) is 9.79. The number of rotatable bonds is 7. The topological polar surface area (TPSA) is 30.5 Å². The highest BCUT2D eigenvalue weighted by Crippen LogP contribution is 2.20. The van der Waals surface area contributed by atoms with Crippen molar-refractivity contribution in [1.82, 2.24) is 5.32 Å². The van der Waals surface area contributed by atoms with E-state index < -0.39 is 0 Å². The maximum atomic E-state index is 5.89. The quantitative estimate of drug-likeness (QED) is 0.824. The second kappa shape index (κ2) is 8.28. The Labute approximate surface area is 122 Å². The van der Waals surface area contributed by atoms with Crippen LogP contribution in [-0.2, 0) is 4.74 Å². The fraction of sp³-hybridized carbons (Fsp3) is 0.647. The fourth-order valence-electron chi connectivity index (χ4n) is 2.48. The van der Waals surface area contributed by atoms with Gasteiger partial charge in [0.05, 0.1) is 6.10 Å². The van der Waals surface area contributed by atoms with Crippen molar-refractivity contribution >= 4 is 0 Å². The Hall–Kier alpha value is -1.06. The van der Waals surface area contributed by atoms with E-state index in [4.69, 9.17) is 9.47 Å². The van der Waals surface area contributed by atoms with Gasteiger partial charge in [-0.3, -0.25) is 0 Å². The first-order valence-corrected chi connectivity index (χ1v) is 7.87. The molecule has 0 bridgehead atoms. The number of nitrogens with one attached hydrogen (secondary N) is 1. The SMILES string of the molecule is CCCNC(C)c1cccc(OCC2CCCCO2)c1. The van der Waals surface area contributed by atoms with Crippen LogP contribution in [0.2, 0.25) is 0 Å². The minimum Gasteiger partial charge on any atom is -0.491 e. The Morgan fingerprint density at radius 1 is 1.40 bits per heavy atom. The molecule has 2 atom stereocenters. The molecule has 2 rings (SSSR count). The van der Waals surface area contributed by atoms with Gasteiger partial charge in [-0.25, -0.2) is 0 Å². The lowest BCUT2D eigenvalue weighted by atomic mass is 10.1. The minimum absolute atomic E-state index is 0.267. The highest BCUT2D eigenvalue weighted by Gasteiger charge is 2.14. The lowest BCUT2D eigenvalue weighted by Gasteiger charge is -2.23. The van der Waals surface area contributed by atoms with E-state index in [0.29, 0.717) is 12.6 Å². The molecule has 1 aliphatic rings. The molecule has 1 fully saturated rings. The zero-order valence-electron chi connectivity index (χ0n) is 12.7. The van der Waals surface area contributed by atoms with Gasteiger partial charge >= 0.3 is 0 Å². The summed E-state index contributed by atoms with van der Waals surface area (Å²) >= 11 is 0. The summed E-state index contributed by atoms with van der Waals surface area (Å²) in [7, 11) is 0. The molecule has 20 heavy (non-hydrogen) atoms. The van der Waals surface area contributed by atoms with Crippen molar-refractivity contribution in [2.75, 3.05) is 19.8 Å². The normalized spacial score (nSPS) is 20.6. The lowest BCUT2D eigenvalue weighted by Crippen LogP contribution is -2.25. The average Bonchev–Trinajstić information content (AvgIpc) is 2.52. The molecule has 1 aromatic rings. The summed E-state index contributed by atoms with van der Waals surface area (Å²) in [4.78, 5) is 0. The van der Waals surface area contributed by atoms with Crippen molar-refractivity contribution in [2.45, 2.75) is 51.7 Å². The standard InChI is InChI=1S/C17H27NO2/c1-3-10-18-14(2)15-7-6-9-16(12-15)20-13-17-8-4-5-11-19-17/h6-7,9,12,14,17-18H,3-5,8,10-11,13H2,1-2H3. The Bertz CT molecular complexity index is 388. The molecule has 112 valence electrons. The molecule has 0 aliphatic carbocycles. The second-order valence-electron chi connectivity index (χ2n) is 5.55. The number of benzene rings is 1. The summed E-state index contributed by atoms with van der Waals surface area (Å²) < 4.78 is 11.6. The summed E-state index contributed by atoms with van der Waals surface area (Å²) in [6, 6.07) is 8.74. The molecule has 0 aromatic heterocycles. The minimum atomic E-state index is 0.267. The van der Waals surface area contributed by atoms with Crippen molar-refractivity contribution in [3.05, 3.63) is 29.8 Å². The van der Waals surface area contributed by atoms with E-state index in [1.54, 1.807) is 0 Å². The Morgan fingerprint density at radius 2 is 2.30 bits per heavy atom. The molecular weight excluding hydrogens is 250 g/mol. The molecule has 1 aromatic carbocycles. The van der Waals surface area contributed by atoms with Crippen molar-refractivity contribution in [3.8, 4) is 5.75 Å². The van der Waals surface area contributed by atoms with E-state index in [2.05, 4.69) is 37.4 Å². The van der Waals surface area contributed by atoms with Crippen LogP contribution in [0.3, 0.4) is 0 Å². The van der Waals surface area contributed by atoms with Crippen LogP contribution in [0.5, 0.6) is 5.75 Å². The van der Waals surface area contributed by atoms with Gasteiger partial charge in [-0.05, 0) is 56.8 Å². The lowest BCUT2D eigenvalue weighted by molar-refractivity contribution is -0.0110. The predicted molar refractivity (Wildman–Crippen MR) is 82.2 cm³/mol. The van der Waals surface area contributed by atoms with Crippen LogP contribution in [0.4, 0.5) is 0 Å². The highest BCUT2D eigenvalue weighted by atomic mass is 16.5. The second-order valence-corrected chi connectivity index (χ2v) is 5.55. The predicted octanol–water partition coefficient (Wildman–Crippen LogP) is 3.70. The Kier molecular flexibility index (Phi) is 6.34. The zero-order chi connectivity index (χ0) is 14.2. The van der Waals surface area contributed by atoms with Crippen molar-refractivity contribution < 1.29 is 9.47 Å². The van der Waals surface area contributed by atoms with E-state index in [9.17, 15) is 0 Å². The summed E-state index contributed by atoms with van der Waals surface area (Å²) in [5.41, 5.74) is 1.28. The van der Waals surface area contributed by atoms with Crippen LogP contribution in [0.25, 0.3) is 0 Å². The van der Waals surface area contributed by atoms with E-state index in [-0.39, 0.29) is 6.10 Å². The number of hydrogen-bond acceptors (Lipinski definition) is 3. The molecule has 0 amide bonds. The zero-order valence-corrected chi connectivity index (χ0v) is 12.7. The molecule has 1 heterocycles. The van der Waals surface area contributed by atoms with Crippen molar-refractivity contribution in [1.29, 1.82) is 0 Å². The monoisotopic (exact) mass is 277 g/mol. The molecule has 3 heteroatoms. The molecule has 3 nitrogen and oxygen atoms in total. The largest absolute Gasteiger partial charge is 0.491 e. The van der Waals surface area contributed by atoms with Crippen LogP contribution in [-0.4, -0.2) is 25.9 Å². The summed E-state index contributed by atoms with van der Waals surface area (Å²) in [5, 5.41) is 3.50. The van der Waals surface area contributed by atoms with Gasteiger partial charge in [-0.2, -0.15) is 0 Å². The third kappa shape index (κ3) is 4.80. The van der Waals surface area contributed by atoms with E-state index in [0.717, 1.165) is 31.7 Å². The summed E-state index contributed by atoms with van der Waals surface area (Å²) in [6.45, 7) is 6.97. The van der Waals surface area contributed by atoms with E-state index >= 15 is 0 Å². The maximum absolute atomic E-state index is 5.89. The van der Waals surface area contributed by atoms with Gasteiger partial charge in [0.15, 0.2) is 0 Å². The van der Waals surface area contributed by atoms with Gasteiger partial charge in [-0.15, -0.1) is 0 Å². The smallest absolute Gasteiger partial charge is 0.119 e. The molecule has 0 spiro atoms. The van der Waals surface area contributed by atoms with Gasteiger partial charge in [0, 0.05) is 12.6 Å². The summed E-state index contributed by atoms with van der Waals surface area (Å²) in [6.07, 6.45) is 4.98. The van der Waals surface area contributed by atoms with Crippen LogP contribution < -0.4 is 10.1 Å². The molecule has 1 N–H and O–H groups in total. The fourth-order valence-corrected chi connectivity index (χ4v) is 2.48. The molecular formula is C17H27NO2. The van der Waals surface area contributed by atoms with Gasteiger partial charge in [0.2, 0.25) is 0 Å². The van der Waals surface area contributed by atoms with Crippen molar-refractivity contribution in [3.63, 3.8) is 0 Å². The third-order valence-corrected chi connectivity index (χ3v) is 3.77. The number of hydrogen-bond donors (Lipinski definition) is 1. The Morgan fingerprint density at radius 3 is 3.05 bits per heavy atom. The molecule has 2 unspecified atom stereocenters. The van der Waals surface area contributed by atoms with Crippen molar-refractivity contribution in [2.24, 2.45) is 0 Å². The average molecular weight is 277 g/mol. The van der Waals surface area contributed by atoms with Crippen LogP contribution in [0.15, 0.2) is 24.3 Å². The van der Waals surface area contributed by atoms with Gasteiger partial charge < -0.3 is 14.8 Å². The molecule has 1 saturated heterocycles.